The Kier molecular flexibility index (Phi) is 7.35. The molecule has 0 fully saturated rings. The molecule has 0 saturated carbocycles. The topological polar surface area (TPSA) is 88.1 Å². The molecule has 0 aliphatic heterocycles. The summed E-state index contributed by atoms with van der Waals surface area (Å²) in [5, 5.41) is 9.12. The van der Waals surface area contributed by atoms with E-state index in [4.69, 9.17) is 11.6 Å². The molecular formula is C22H24ClN5O2S. The summed E-state index contributed by atoms with van der Waals surface area (Å²) in [4.78, 5) is 32.6. The van der Waals surface area contributed by atoms with Crippen molar-refractivity contribution in [3.8, 4) is 0 Å². The van der Waals surface area contributed by atoms with Crippen molar-refractivity contribution in [2.45, 2.75) is 45.3 Å². The fourth-order valence-electron chi connectivity index (χ4n) is 2.98. The Morgan fingerprint density at radius 2 is 1.97 bits per heavy atom. The molecule has 0 aliphatic rings. The van der Waals surface area contributed by atoms with Crippen LogP contribution in [0.25, 0.3) is 0 Å². The highest BCUT2D eigenvalue weighted by Crippen LogP contribution is 2.27. The van der Waals surface area contributed by atoms with Gasteiger partial charge < -0.3 is 10.2 Å². The van der Waals surface area contributed by atoms with Crippen LogP contribution < -0.4 is 5.32 Å². The van der Waals surface area contributed by atoms with E-state index in [1.807, 2.05) is 26.8 Å². The number of halogens is 1. The number of nitrogens with zero attached hydrogens (tertiary/aromatic N) is 4. The van der Waals surface area contributed by atoms with Gasteiger partial charge >= 0.3 is 0 Å². The Labute approximate surface area is 190 Å². The van der Waals surface area contributed by atoms with Gasteiger partial charge in [-0.2, -0.15) is 0 Å². The van der Waals surface area contributed by atoms with Crippen LogP contribution in [0, 0.1) is 0 Å². The van der Waals surface area contributed by atoms with Gasteiger partial charge in [0.2, 0.25) is 5.91 Å². The largest absolute Gasteiger partial charge is 0.349 e. The van der Waals surface area contributed by atoms with E-state index in [-0.39, 0.29) is 24.1 Å². The fraction of sp³-hybridized carbons (Fsp3) is 0.318. The van der Waals surface area contributed by atoms with Crippen LogP contribution in [0.2, 0.25) is 5.02 Å². The van der Waals surface area contributed by atoms with Crippen LogP contribution >= 0.6 is 23.1 Å². The molecule has 0 saturated heterocycles. The summed E-state index contributed by atoms with van der Waals surface area (Å²) in [5.74, 6) is -0.670. The van der Waals surface area contributed by atoms with Crippen LogP contribution in [0.1, 0.15) is 54.8 Å². The van der Waals surface area contributed by atoms with E-state index in [1.165, 1.54) is 4.90 Å². The van der Waals surface area contributed by atoms with Crippen molar-refractivity contribution in [1.29, 1.82) is 0 Å². The molecule has 162 valence electrons. The zero-order valence-electron chi connectivity index (χ0n) is 17.6. The van der Waals surface area contributed by atoms with Gasteiger partial charge in [0.15, 0.2) is 5.69 Å². The maximum absolute atomic E-state index is 13.5. The first-order valence-electron chi connectivity index (χ1n) is 9.85. The minimum Gasteiger partial charge on any atom is -0.349 e. The normalized spacial score (nSPS) is 12.3. The Morgan fingerprint density at radius 3 is 2.55 bits per heavy atom. The summed E-state index contributed by atoms with van der Waals surface area (Å²) in [7, 11) is 0. The molecular weight excluding hydrogens is 434 g/mol. The monoisotopic (exact) mass is 457 g/mol. The average molecular weight is 458 g/mol. The molecule has 3 rings (SSSR count). The number of pyridine rings is 1. The molecule has 9 heteroatoms. The van der Waals surface area contributed by atoms with Crippen molar-refractivity contribution in [1.82, 2.24) is 24.8 Å². The van der Waals surface area contributed by atoms with Gasteiger partial charge in [0.25, 0.3) is 5.91 Å². The van der Waals surface area contributed by atoms with E-state index in [9.17, 15) is 9.59 Å². The molecule has 1 atom stereocenters. The fourth-order valence-corrected chi connectivity index (χ4v) is 3.54. The van der Waals surface area contributed by atoms with Crippen LogP contribution in [0.15, 0.2) is 54.2 Å². The summed E-state index contributed by atoms with van der Waals surface area (Å²) in [5.41, 5.74) is 1.19. The summed E-state index contributed by atoms with van der Waals surface area (Å²) < 4.78 is 3.81. The highest BCUT2D eigenvalue weighted by Gasteiger charge is 2.35. The molecule has 1 N–H and O–H groups in total. The zero-order valence-corrected chi connectivity index (χ0v) is 19.2. The molecule has 2 aromatic heterocycles. The molecule has 0 bridgehead atoms. The van der Waals surface area contributed by atoms with Gasteiger partial charge in [0.1, 0.15) is 6.04 Å². The lowest BCUT2D eigenvalue weighted by atomic mass is 9.98. The van der Waals surface area contributed by atoms with Crippen molar-refractivity contribution in [2.75, 3.05) is 0 Å². The summed E-state index contributed by atoms with van der Waals surface area (Å²) in [6, 6.07) is 9.69. The van der Waals surface area contributed by atoms with E-state index in [0.29, 0.717) is 10.6 Å². The minimum absolute atomic E-state index is 0.178. The number of benzene rings is 1. The van der Waals surface area contributed by atoms with Crippen molar-refractivity contribution in [3.05, 3.63) is 76.0 Å². The number of hydrogen-bond acceptors (Lipinski definition) is 6. The number of rotatable bonds is 8. The Morgan fingerprint density at radius 1 is 1.23 bits per heavy atom. The summed E-state index contributed by atoms with van der Waals surface area (Å²) >= 11 is 7.16. The maximum Gasteiger partial charge on any atom is 0.276 e. The Bertz CT molecular complexity index is 1010. The molecule has 2 heterocycles. The number of nitrogens with one attached hydrogen (secondary N) is 1. The Hall–Kier alpha value is -2.84. The van der Waals surface area contributed by atoms with E-state index in [2.05, 4.69) is 19.9 Å². The zero-order chi connectivity index (χ0) is 22.4. The van der Waals surface area contributed by atoms with E-state index in [0.717, 1.165) is 23.5 Å². The highest BCUT2D eigenvalue weighted by molar-refractivity contribution is 7.03. The second-order valence-electron chi connectivity index (χ2n) is 7.77. The van der Waals surface area contributed by atoms with E-state index in [1.54, 1.807) is 48.1 Å². The predicted molar refractivity (Wildman–Crippen MR) is 121 cm³/mol. The van der Waals surface area contributed by atoms with Gasteiger partial charge in [-0.25, -0.2) is 0 Å². The van der Waals surface area contributed by atoms with Gasteiger partial charge in [0, 0.05) is 34.9 Å². The molecule has 0 radical (unpaired) electrons. The lowest BCUT2D eigenvalue weighted by Crippen LogP contribution is -2.50. The van der Waals surface area contributed by atoms with Gasteiger partial charge in [-0.3, -0.25) is 14.6 Å². The summed E-state index contributed by atoms with van der Waals surface area (Å²) in [6.45, 7) is 6.07. The highest BCUT2D eigenvalue weighted by atomic mass is 35.5. The standard InChI is InChI=1S/C22H24ClN5O2S/c1-4-22(2,3)25-20(29)19(16-7-9-17(23)10-8-16)28(13-15-6-5-11-24-12-15)21(30)18-14-31-27-26-18/h5-12,14,19H,4,13H2,1-3H3,(H,25,29). The number of carbonyl (C=O) groups is 2. The summed E-state index contributed by atoms with van der Waals surface area (Å²) in [6.07, 6.45) is 4.07. The van der Waals surface area contributed by atoms with Gasteiger partial charge in [-0.1, -0.05) is 41.2 Å². The van der Waals surface area contributed by atoms with Crippen LogP contribution in [-0.2, 0) is 11.3 Å². The molecule has 3 aromatic rings. The molecule has 2 amide bonds. The lowest BCUT2D eigenvalue weighted by Gasteiger charge is -2.34. The van der Waals surface area contributed by atoms with Crippen molar-refractivity contribution < 1.29 is 9.59 Å². The Balaban J connectivity index is 2.07. The lowest BCUT2D eigenvalue weighted by molar-refractivity contribution is -0.127. The third-order valence-corrected chi connectivity index (χ3v) is 5.76. The van der Waals surface area contributed by atoms with Crippen LogP contribution in [0.3, 0.4) is 0 Å². The van der Waals surface area contributed by atoms with Crippen molar-refractivity contribution >= 4 is 34.9 Å². The van der Waals surface area contributed by atoms with E-state index >= 15 is 0 Å². The van der Waals surface area contributed by atoms with E-state index < -0.39 is 11.6 Å². The molecule has 1 unspecified atom stereocenters. The first-order chi connectivity index (χ1) is 14.8. The van der Waals surface area contributed by atoms with Gasteiger partial charge in [-0.15, -0.1) is 5.10 Å². The third-order valence-electron chi connectivity index (χ3n) is 5.01. The predicted octanol–water partition coefficient (Wildman–Crippen LogP) is 4.28. The molecule has 0 aliphatic carbocycles. The second-order valence-corrected chi connectivity index (χ2v) is 8.81. The number of carbonyl (C=O) groups excluding carboxylic acids is 2. The minimum atomic E-state index is -0.891. The number of amides is 2. The smallest absolute Gasteiger partial charge is 0.276 e. The first-order valence-corrected chi connectivity index (χ1v) is 11.1. The number of hydrogen-bond donors (Lipinski definition) is 1. The third kappa shape index (κ3) is 5.86. The van der Waals surface area contributed by atoms with Crippen molar-refractivity contribution in [2.24, 2.45) is 0 Å². The molecule has 1 aromatic carbocycles. The second kappa shape index (κ2) is 9.98. The molecule has 31 heavy (non-hydrogen) atoms. The van der Waals surface area contributed by atoms with Crippen LogP contribution in [-0.4, -0.2) is 36.8 Å². The van der Waals surface area contributed by atoms with Crippen molar-refractivity contribution in [3.63, 3.8) is 0 Å². The first kappa shape index (κ1) is 22.8. The average Bonchev–Trinajstić information content (AvgIpc) is 3.29. The van der Waals surface area contributed by atoms with Crippen LogP contribution in [0.5, 0.6) is 0 Å². The van der Waals surface area contributed by atoms with Crippen LogP contribution in [0.4, 0.5) is 0 Å². The quantitative estimate of drug-likeness (QED) is 0.545. The van der Waals surface area contributed by atoms with Gasteiger partial charge in [0.05, 0.1) is 0 Å². The molecule has 7 nitrogen and oxygen atoms in total. The maximum atomic E-state index is 13.5. The van der Waals surface area contributed by atoms with Gasteiger partial charge in [-0.05, 0) is 61.1 Å². The SMILES string of the molecule is CCC(C)(C)NC(=O)C(c1ccc(Cl)cc1)N(Cc1cccnc1)C(=O)c1csnn1. The molecule has 0 spiro atoms. The number of aromatic nitrogens is 3.